The van der Waals surface area contributed by atoms with Crippen LogP contribution < -0.4 is 0 Å². The van der Waals surface area contributed by atoms with Crippen LogP contribution in [0.15, 0.2) is 36.4 Å². The number of halogens is 3. The highest BCUT2D eigenvalue weighted by molar-refractivity contribution is 7.13. The Labute approximate surface area is 142 Å². The van der Waals surface area contributed by atoms with Gasteiger partial charge in [-0.2, -0.15) is 13.2 Å². The molecular weight excluding hydrogens is 335 g/mol. The Kier molecular flexibility index (Phi) is 4.42. The van der Waals surface area contributed by atoms with Gasteiger partial charge in [-0.3, -0.25) is 4.79 Å². The van der Waals surface area contributed by atoms with Crippen LogP contribution in [0, 0.1) is 6.92 Å². The molecule has 0 unspecified atom stereocenters. The number of nitrogens with zero attached hydrogens (tertiary/aromatic N) is 1. The van der Waals surface area contributed by atoms with Gasteiger partial charge >= 0.3 is 6.18 Å². The summed E-state index contributed by atoms with van der Waals surface area (Å²) in [6.07, 6.45) is -2.58. The van der Waals surface area contributed by atoms with Gasteiger partial charge < -0.3 is 4.90 Å². The Morgan fingerprint density at radius 3 is 2.50 bits per heavy atom. The van der Waals surface area contributed by atoms with Crippen molar-refractivity contribution in [2.24, 2.45) is 0 Å². The van der Waals surface area contributed by atoms with Crippen LogP contribution in [0.5, 0.6) is 0 Å². The molecule has 1 aliphatic carbocycles. The van der Waals surface area contributed by atoms with E-state index in [1.807, 2.05) is 13.0 Å². The predicted molar refractivity (Wildman–Crippen MR) is 88.1 cm³/mol. The van der Waals surface area contributed by atoms with Crippen molar-refractivity contribution in [3.05, 3.63) is 57.3 Å². The fraction of sp³-hybridized carbons (Fsp3) is 0.389. The van der Waals surface area contributed by atoms with Gasteiger partial charge in [0.05, 0.1) is 16.5 Å². The second kappa shape index (κ2) is 6.24. The molecule has 1 saturated carbocycles. The van der Waals surface area contributed by atoms with Crippen LogP contribution in [0.2, 0.25) is 0 Å². The van der Waals surface area contributed by atoms with E-state index in [1.165, 1.54) is 17.4 Å². The zero-order chi connectivity index (χ0) is 17.5. The summed E-state index contributed by atoms with van der Waals surface area (Å²) >= 11 is 1.42. The molecule has 1 aromatic heterocycles. The first-order chi connectivity index (χ1) is 11.3. The van der Waals surface area contributed by atoms with Crippen molar-refractivity contribution in [2.75, 3.05) is 0 Å². The average Bonchev–Trinajstić information content (AvgIpc) is 3.26. The van der Waals surface area contributed by atoms with Crippen LogP contribution in [0.25, 0.3) is 0 Å². The lowest BCUT2D eigenvalue weighted by molar-refractivity contribution is -0.137. The number of alkyl halides is 3. The van der Waals surface area contributed by atoms with Gasteiger partial charge in [-0.15, -0.1) is 11.3 Å². The van der Waals surface area contributed by atoms with Gasteiger partial charge in [-0.05, 0) is 56.5 Å². The highest BCUT2D eigenvalue weighted by Gasteiger charge is 2.38. The maximum absolute atomic E-state index is 13.0. The van der Waals surface area contributed by atoms with Gasteiger partial charge in [0.1, 0.15) is 0 Å². The van der Waals surface area contributed by atoms with Gasteiger partial charge in [0.2, 0.25) is 0 Å². The largest absolute Gasteiger partial charge is 0.416 e. The number of thiophene rings is 1. The molecule has 1 aromatic carbocycles. The summed E-state index contributed by atoms with van der Waals surface area (Å²) in [7, 11) is 0. The lowest BCUT2D eigenvalue weighted by Crippen LogP contribution is -2.35. The topological polar surface area (TPSA) is 20.3 Å². The Balaban J connectivity index is 1.90. The molecule has 128 valence electrons. The summed E-state index contributed by atoms with van der Waals surface area (Å²) in [5.74, 6) is -0.0967. The third kappa shape index (κ3) is 3.48. The SMILES string of the molecule is Cc1ccc(C(=O)N(C2CC2)[C@H](C)c2cccc(C(F)(F)F)c2)s1. The summed E-state index contributed by atoms with van der Waals surface area (Å²) in [5, 5.41) is 0. The summed E-state index contributed by atoms with van der Waals surface area (Å²) < 4.78 is 38.9. The molecule has 0 N–H and O–H groups in total. The number of hydrogen-bond donors (Lipinski definition) is 0. The summed E-state index contributed by atoms with van der Waals surface area (Å²) in [6.45, 7) is 3.73. The first kappa shape index (κ1) is 17.0. The van der Waals surface area contributed by atoms with Gasteiger partial charge in [0.25, 0.3) is 5.91 Å². The highest BCUT2D eigenvalue weighted by atomic mass is 32.1. The molecule has 24 heavy (non-hydrogen) atoms. The van der Waals surface area contributed by atoms with Crippen LogP contribution >= 0.6 is 11.3 Å². The molecule has 3 rings (SSSR count). The Morgan fingerprint density at radius 2 is 1.96 bits per heavy atom. The van der Waals surface area contributed by atoms with Crippen molar-refractivity contribution >= 4 is 17.2 Å². The lowest BCUT2D eigenvalue weighted by atomic mass is 10.0. The zero-order valence-corrected chi connectivity index (χ0v) is 14.2. The monoisotopic (exact) mass is 353 g/mol. The van der Waals surface area contributed by atoms with E-state index in [-0.39, 0.29) is 11.9 Å². The number of benzene rings is 1. The van der Waals surface area contributed by atoms with Gasteiger partial charge in [-0.25, -0.2) is 0 Å². The Morgan fingerprint density at radius 1 is 1.25 bits per heavy atom. The van der Waals surface area contributed by atoms with E-state index in [1.54, 1.807) is 24.0 Å². The third-order valence-corrected chi connectivity index (χ3v) is 5.23. The van der Waals surface area contributed by atoms with Crippen LogP contribution in [-0.4, -0.2) is 16.8 Å². The minimum atomic E-state index is -4.38. The van der Waals surface area contributed by atoms with Gasteiger partial charge in [-0.1, -0.05) is 12.1 Å². The standard InChI is InChI=1S/C18H18F3NOS/c1-11-6-9-16(24-11)17(23)22(15-7-8-15)12(2)13-4-3-5-14(10-13)18(19,20)21/h3-6,9-10,12,15H,7-8H2,1-2H3/t12-/m1/s1. The number of carbonyl (C=O) groups is 1. The normalized spacial score (nSPS) is 16.0. The molecule has 2 nitrogen and oxygen atoms in total. The van der Waals surface area contributed by atoms with E-state index in [9.17, 15) is 18.0 Å². The minimum absolute atomic E-state index is 0.0967. The highest BCUT2D eigenvalue weighted by Crippen LogP contribution is 2.38. The van der Waals surface area contributed by atoms with Crippen LogP contribution in [0.1, 0.15) is 51.5 Å². The summed E-state index contributed by atoms with van der Waals surface area (Å²) in [5.41, 5.74) is -0.166. The van der Waals surface area contributed by atoms with E-state index >= 15 is 0 Å². The first-order valence-corrected chi connectivity index (χ1v) is 8.65. The molecule has 1 fully saturated rings. The molecule has 1 atom stereocenters. The number of hydrogen-bond acceptors (Lipinski definition) is 2. The maximum atomic E-state index is 13.0. The van der Waals surface area contributed by atoms with Crippen LogP contribution in [-0.2, 0) is 6.18 Å². The van der Waals surface area contributed by atoms with Gasteiger partial charge in [0, 0.05) is 10.9 Å². The molecule has 0 radical (unpaired) electrons. The third-order valence-electron chi connectivity index (χ3n) is 4.24. The van der Waals surface area contributed by atoms with E-state index in [4.69, 9.17) is 0 Å². The second-order valence-corrected chi connectivity index (χ2v) is 7.44. The molecule has 0 spiro atoms. The molecule has 1 amide bonds. The fourth-order valence-corrected chi connectivity index (χ4v) is 3.63. The van der Waals surface area contributed by atoms with E-state index in [0.29, 0.717) is 10.4 Å². The van der Waals surface area contributed by atoms with E-state index in [0.717, 1.165) is 29.9 Å². The lowest BCUT2D eigenvalue weighted by Gasteiger charge is -2.30. The van der Waals surface area contributed by atoms with Crippen LogP contribution in [0.4, 0.5) is 13.2 Å². The first-order valence-electron chi connectivity index (χ1n) is 7.83. The molecule has 6 heteroatoms. The number of carbonyl (C=O) groups excluding carboxylic acids is 1. The smallest absolute Gasteiger partial charge is 0.328 e. The van der Waals surface area contributed by atoms with Crippen molar-refractivity contribution in [1.82, 2.24) is 4.90 Å². The fourth-order valence-electron chi connectivity index (χ4n) is 2.82. The summed E-state index contributed by atoms with van der Waals surface area (Å²) in [4.78, 5) is 16.3. The predicted octanol–water partition coefficient (Wildman–Crippen LogP) is 5.44. The Hall–Kier alpha value is -1.82. The molecule has 1 aliphatic rings. The van der Waals surface area contributed by atoms with E-state index in [2.05, 4.69) is 0 Å². The molecule has 1 heterocycles. The zero-order valence-electron chi connectivity index (χ0n) is 13.4. The second-order valence-electron chi connectivity index (χ2n) is 6.15. The minimum Gasteiger partial charge on any atom is -0.328 e. The molecule has 2 aromatic rings. The van der Waals surface area contributed by atoms with Crippen molar-refractivity contribution in [2.45, 2.75) is 44.9 Å². The van der Waals surface area contributed by atoms with Crippen molar-refractivity contribution in [1.29, 1.82) is 0 Å². The quantitative estimate of drug-likeness (QED) is 0.716. The Bertz CT molecular complexity index is 749. The van der Waals surface area contributed by atoms with Gasteiger partial charge in [0.15, 0.2) is 0 Å². The van der Waals surface area contributed by atoms with Crippen LogP contribution in [0.3, 0.4) is 0 Å². The number of amides is 1. The van der Waals surface area contributed by atoms with Crippen molar-refractivity contribution in [3.63, 3.8) is 0 Å². The summed E-state index contributed by atoms with van der Waals surface area (Å²) in [6, 6.07) is 8.66. The molecule has 0 aliphatic heterocycles. The molecule has 0 saturated heterocycles. The van der Waals surface area contributed by atoms with Crippen molar-refractivity contribution < 1.29 is 18.0 Å². The maximum Gasteiger partial charge on any atom is 0.416 e. The number of aryl methyl sites for hydroxylation is 1. The molecular formula is C18H18F3NOS. The molecule has 0 bridgehead atoms. The van der Waals surface area contributed by atoms with E-state index < -0.39 is 17.8 Å². The average molecular weight is 353 g/mol. The number of rotatable bonds is 4. The van der Waals surface area contributed by atoms with Crippen molar-refractivity contribution in [3.8, 4) is 0 Å².